The zero-order valence-electron chi connectivity index (χ0n) is 11.9. The van der Waals surface area contributed by atoms with Gasteiger partial charge in [0.15, 0.2) is 5.82 Å². The van der Waals surface area contributed by atoms with Crippen molar-refractivity contribution in [2.75, 3.05) is 44.2 Å². The number of nitrogens with zero attached hydrogens (tertiary/aromatic N) is 4. The number of anilines is 1. The largest absolute Gasteiger partial charge is 0.353 e. The van der Waals surface area contributed by atoms with Crippen LogP contribution in [0.15, 0.2) is 12.1 Å². The van der Waals surface area contributed by atoms with E-state index in [1.807, 2.05) is 13.0 Å². The Morgan fingerprint density at radius 3 is 2.47 bits per heavy atom. The molecule has 106 valence electrons. The Labute approximate surface area is 115 Å². The van der Waals surface area contributed by atoms with Gasteiger partial charge in [-0.3, -0.25) is 4.90 Å². The minimum atomic E-state index is 0.819. The van der Waals surface area contributed by atoms with Crippen molar-refractivity contribution in [3.8, 4) is 0 Å². The van der Waals surface area contributed by atoms with E-state index in [4.69, 9.17) is 5.73 Å². The van der Waals surface area contributed by atoms with E-state index in [-0.39, 0.29) is 0 Å². The summed E-state index contributed by atoms with van der Waals surface area (Å²) < 4.78 is 0. The zero-order valence-corrected chi connectivity index (χ0v) is 11.9. The van der Waals surface area contributed by atoms with Crippen molar-refractivity contribution < 1.29 is 0 Å². The highest BCUT2D eigenvalue weighted by Crippen LogP contribution is 2.13. The lowest BCUT2D eigenvalue weighted by Crippen LogP contribution is -2.47. The average molecular weight is 263 g/mol. The molecule has 2 heterocycles. The van der Waals surface area contributed by atoms with E-state index in [0.717, 1.165) is 50.7 Å². The molecule has 0 spiro atoms. The molecule has 5 nitrogen and oxygen atoms in total. The smallest absolute Gasteiger partial charge is 0.151 e. The van der Waals surface area contributed by atoms with Gasteiger partial charge in [-0.25, -0.2) is 0 Å². The van der Waals surface area contributed by atoms with Crippen LogP contribution in [0.1, 0.15) is 25.0 Å². The van der Waals surface area contributed by atoms with Crippen molar-refractivity contribution in [3.05, 3.63) is 17.8 Å². The van der Waals surface area contributed by atoms with Crippen LogP contribution in [0.25, 0.3) is 0 Å². The molecule has 0 unspecified atom stereocenters. The summed E-state index contributed by atoms with van der Waals surface area (Å²) in [5.41, 5.74) is 6.48. The normalized spacial score (nSPS) is 16.8. The molecular formula is C14H25N5. The Morgan fingerprint density at radius 1 is 1.05 bits per heavy atom. The van der Waals surface area contributed by atoms with Gasteiger partial charge < -0.3 is 10.6 Å². The summed E-state index contributed by atoms with van der Waals surface area (Å²) in [6.07, 6.45) is 3.67. The molecule has 19 heavy (non-hydrogen) atoms. The molecule has 0 radical (unpaired) electrons. The number of rotatable bonds is 6. The highest BCUT2D eigenvalue weighted by atomic mass is 15.3. The fraction of sp³-hybridized carbons (Fsp3) is 0.714. The fourth-order valence-electron chi connectivity index (χ4n) is 2.42. The lowest BCUT2D eigenvalue weighted by atomic mass is 10.2. The first kappa shape index (κ1) is 14.2. The summed E-state index contributed by atoms with van der Waals surface area (Å²) in [7, 11) is 0. The van der Waals surface area contributed by atoms with Gasteiger partial charge in [-0.2, -0.15) is 5.10 Å². The lowest BCUT2D eigenvalue weighted by molar-refractivity contribution is 0.252. The van der Waals surface area contributed by atoms with E-state index >= 15 is 0 Å². The second-order valence-corrected chi connectivity index (χ2v) is 5.21. The summed E-state index contributed by atoms with van der Waals surface area (Å²) in [4.78, 5) is 4.86. The number of nitrogens with two attached hydrogens (primary N) is 1. The molecule has 1 saturated heterocycles. The molecule has 1 aliphatic rings. The molecule has 2 rings (SSSR count). The van der Waals surface area contributed by atoms with E-state index in [1.54, 1.807) is 0 Å². The van der Waals surface area contributed by atoms with Crippen LogP contribution in [0, 0.1) is 6.92 Å². The maximum atomic E-state index is 5.51. The van der Waals surface area contributed by atoms with Crippen molar-refractivity contribution in [3.63, 3.8) is 0 Å². The SMILES string of the molecule is Cc1ccc(N2CCN(CCCCCN)CC2)nn1. The Balaban J connectivity index is 1.71. The Morgan fingerprint density at radius 2 is 1.84 bits per heavy atom. The standard InChI is InChI=1S/C14H25N5/c1-13-5-6-14(17-16-13)19-11-9-18(10-12-19)8-4-2-3-7-15/h5-6H,2-4,7-12,15H2,1H3. The molecule has 0 bridgehead atoms. The number of aromatic nitrogens is 2. The van der Waals surface area contributed by atoms with Crippen LogP contribution in [-0.2, 0) is 0 Å². The molecule has 1 aromatic rings. The molecule has 0 amide bonds. The van der Waals surface area contributed by atoms with Crippen LogP contribution in [-0.4, -0.2) is 54.4 Å². The third-order valence-corrected chi connectivity index (χ3v) is 3.66. The van der Waals surface area contributed by atoms with Crippen molar-refractivity contribution in [1.29, 1.82) is 0 Å². The van der Waals surface area contributed by atoms with Gasteiger partial charge in [-0.1, -0.05) is 6.42 Å². The topological polar surface area (TPSA) is 58.3 Å². The first-order chi connectivity index (χ1) is 9.29. The second kappa shape index (κ2) is 7.40. The molecule has 0 aromatic carbocycles. The van der Waals surface area contributed by atoms with Gasteiger partial charge in [0.2, 0.25) is 0 Å². The Bertz CT molecular complexity index is 357. The molecule has 2 N–H and O–H groups in total. The van der Waals surface area contributed by atoms with Crippen molar-refractivity contribution in [2.24, 2.45) is 5.73 Å². The van der Waals surface area contributed by atoms with E-state index < -0.39 is 0 Å². The summed E-state index contributed by atoms with van der Waals surface area (Å²) in [6, 6.07) is 4.10. The van der Waals surface area contributed by atoms with Gasteiger partial charge in [0.05, 0.1) is 5.69 Å². The van der Waals surface area contributed by atoms with Gasteiger partial charge in [0.25, 0.3) is 0 Å². The van der Waals surface area contributed by atoms with Crippen molar-refractivity contribution in [1.82, 2.24) is 15.1 Å². The van der Waals surface area contributed by atoms with Crippen LogP contribution >= 0.6 is 0 Å². The number of piperazine rings is 1. The summed E-state index contributed by atoms with van der Waals surface area (Å²) >= 11 is 0. The third-order valence-electron chi connectivity index (χ3n) is 3.66. The predicted molar refractivity (Wildman–Crippen MR) is 78.3 cm³/mol. The average Bonchev–Trinajstić information content (AvgIpc) is 2.45. The van der Waals surface area contributed by atoms with Crippen LogP contribution in [0.2, 0.25) is 0 Å². The number of unbranched alkanes of at least 4 members (excludes halogenated alkanes) is 2. The lowest BCUT2D eigenvalue weighted by Gasteiger charge is -2.35. The molecule has 1 aromatic heterocycles. The summed E-state index contributed by atoms with van der Waals surface area (Å²) in [6.45, 7) is 8.34. The molecule has 0 saturated carbocycles. The molecule has 5 heteroatoms. The maximum Gasteiger partial charge on any atom is 0.151 e. The number of aryl methyl sites for hydroxylation is 1. The van der Waals surface area contributed by atoms with Gasteiger partial charge in [0, 0.05) is 26.2 Å². The monoisotopic (exact) mass is 263 g/mol. The first-order valence-electron chi connectivity index (χ1n) is 7.27. The van der Waals surface area contributed by atoms with Gasteiger partial charge in [0.1, 0.15) is 0 Å². The Kier molecular flexibility index (Phi) is 5.54. The molecular weight excluding hydrogens is 238 g/mol. The highest BCUT2D eigenvalue weighted by molar-refractivity contribution is 5.37. The van der Waals surface area contributed by atoms with E-state index in [2.05, 4.69) is 26.1 Å². The van der Waals surface area contributed by atoms with Gasteiger partial charge >= 0.3 is 0 Å². The summed E-state index contributed by atoms with van der Waals surface area (Å²) in [5, 5.41) is 8.38. The van der Waals surface area contributed by atoms with Gasteiger partial charge in [-0.15, -0.1) is 5.10 Å². The minimum absolute atomic E-state index is 0.819. The minimum Gasteiger partial charge on any atom is -0.353 e. The Hall–Kier alpha value is -1.20. The van der Waals surface area contributed by atoms with Crippen LogP contribution in [0.4, 0.5) is 5.82 Å². The molecule has 1 fully saturated rings. The predicted octanol–water partition coefficient (Wildman–Crippen LogP) is 1.04. The van der Waals surface area contributed by atoms with Gasteiger partial charge in [-0.05, 0) is 45.0 Å². The third kappa shape index (κ3) is 4.44. The summed E-state index contributed by atoms with van der Waals surface area (Å²) in [5.74, 6) is 1.01. The molecule has 1 aliphatic heterocycles. The van der Waals surface area contributed by atoms with Crippen LogP contribution in [0.5, 0.6) is 0 Å². The second-order valence-electron chi connectivity index (χ2n) is 5.21. The molecule has 0 aliphatic carbocycles. The van der Waals surface area contributed by atoms with Crippen LogP contribution in [0.3, 0.4) is 0 Å². The maximum absolute atomic E-state index is 5.51. The number of hydrogen-bond acceptors (Lipinski definition) is 5. The van der Waals surface area contributed by atoms with E-state index in [9.17, 15) is 0 Å². The quantitative estimate of drug-likeness (QED) is 0.777. The zero-order chi connectivity index (χ0) is 13.5. The molecule has 0 atom stereocenters. The highest BCUT2D eigenvalue weighted by Gasteiger charge is 2.17. The number of hydrogen-bond donors (Lipinski definition) is 1. The van der Waals surface area contributed by atoms with Crippen LogP contribution < -0.4 is 10.6 Å². The first-order valence-corrected chi connectivity index (χ1v) is 7.27. The van der Waals surface area contributed by atoms with E-state index in [0.29, 0.717) is 0 Å². The van der Waals surface area contributed by atoms with Crippen molar-refractivity contribution >= 4 is 5.82 Å². The fourth-order valence-corrected chi connectivity index (χ4v) is 2.42. The van der Waals surface area contributed by atoms with E-state index in [1.165, 1.54) is 19.4 Å². The van der Waals surface area contributed by atoms with Crippen molar-refractivity contribution in [2.45, 2.75) is 26.2 Å².